The lowest BCUT2D eigenvalue weighted by Gasteiger charge is -2.17. The highest BCUT2D eigenvalue weighted by Crippen LogP contribution is 2.38. The summed E-state index contributed by atoms with van der Waals surface area (Å²) in [5.74, 6) is 0.724. The van der Waals surface area contributed by atoms with E-state index in [1.807, 2.05) is 0 Å². The van der Waals surface area contributed by atoms with Crippen LogP contribution in [0.25, 0.3) is 10.8 Å². The van der Waals surface area contributed by atoms with Crippen LogP contribution in [0, 0.1) is 0 Å². The van der Waals surface area contributed by atoms with E-state index in [0.717, 1.165) is 38.5 Å². The first-order chi connectivity index (χ1) is 11.5. The van der Waals surface area contributed by atoms with E-state index in [0.29, 0.717) is 23.8 Å². The van der Waals surface area contributed by atoms with Crippen molar-refractivity contribution in [3.8, 4) is 10.8 Å². The monoisotopic (exact) mass is 368 g/mol. The lowest BCUT2D eigenvalue weighted by atomic mass is 9.99. The first-order valence-corrected chi connectivity index (χ1v) is 10.5. The van der Waals surface area contributed by atoms with Crippen molar-refractivity contribution < 1.29 is 12.9 Å². The third-order valence-electron chi connectivity index (χ3n) is 4.87. The zero-order valence-electron chi connectivity index (χ0n) is 13.3. The summed E-state index contributed by atoms with van der Waals surface area (Å²) in [7, 11) is -3.51. The van der Waals surface area contributed by atoms with E-state index in [2.05, 4.69) is 10.1 Å². The molecule has 0 unspecified atom stereocenters. The van der Waals surface area contributed by atoms with Gasteiger partial charge in [0, 0.05) is 13.1 Å². The minimum atomic E-state index is -3.51. The van der Waals surface area contributed by atoms with Crippen LogP contribution in [0.5, 0.6) is 0 Å². The number of hydrogen-bond donors (Lipinski definition) is 1. The summed E-state index contributed by atoms with van der Waals surface area (Å²) in [5, 5.41) is 5.78. The normalized spacial score (nSPS) is 21.5. The standard InChI is InChI=1S/C15H20N4O3S2/c16-15(6-1-2-7-15)14-17-13(22-18-14)12-11(5-10-23-12)24(20,21)19-8-3-4-9-19/h5,10H,1-4,6-9,16H2. The molecule has 0 amide bonds. The quantitative estimate of drug-likeness (QED) is 0.888. The topological polar surface area (TPSA) is 102 Å². The lowest BCUT2D eigenvalue weighted by Crippen LogP contribution is -2.34. The summed E-state index contributed by atoms with van der Waals surface area (Å²) in [5.41, 5.74) is 5.81. The Kier molecular flexibility index (Phi) is 3.98. The van der Waals surface area contributed by atoms with Crippen LogP contribution >= 0.6 is 11.3 Å². The molecule has 1 saturated heterocycles. The van der Waals surface area contributed by atoms with Crippen LogP contribution in [0.4, 0.5) is 0 Å². The predicted molar refractivity (Wildman–Crippen MR) is 89.9 cm³/mol. The molecule has 0 radical (unpaired) electrons. The van der Waals surface area contributed by atoms with Gasteiger partial charge < -0.3 is 10.3 Å². The first-order valence-electron chi connectivity index (χ1n) is 8.22. The highest BCUT2D eigenvalue weighted by Gasteiger charge is 2.37. The number of aromatic nitrogens is 2. The Morgan fingerprint density at radius 3 is 2.62 bits per heavy atom. The summed E-state index contributed by atoms with van der Waals surface area (Å²) in [6.45, 7) is 1.14. The van der Waals surface area contributed by atoms with Crippen molar-refractivity contribution in [1.29, 1.82) is 0 Å². The average molecular weight is 368 g/mol. The highest BCUT2D eigenvalue weighted by molar-refractivity contribution is 7.89. The van der Waals surface area contributed by atoms with Crippen LogP contribution in [-0.4, -0.2) is 36.0 Å². The Hall–Kier alpha value is -1.29. The minimum Gasteiger partial charge on any atom is -0.333 e. The van der Waals surface area contributed by atoms with Crippen LogP contribution in [0.1, 0.15) is 44.3 Å². The zero-order chi connectivity index (χ0) is 16.8. The summed E-state index contributed by atoms with van der Waals surface area (Å²) in [4.78, 5) is 5.19. The molecule has 24 heavy (non-hydrogen) atoms. The Labute approximate surface area is 144 Å². The van der Waals surface area contributed by atoms with Crippen LogP contribution < -0.4 is 5.73 Å². The molecule has 1 saturated carbocycles. The molecule has 2 aromatic rings. The van der Waals surface area contributed by atoms with Gasteiger partial charge in [0.25, 0.3) is 5.89 Å². The SMILES string of the molecule is NC1(c2noc(-c3sccc3S(=O)(=O)N3CCCC3)n2)CCCC1. The zero-order valence-corrected chi connectivity index (χ0v) is 14.9. The Bertz CT molecular complexity index is 831. The number of nitrogens with zero attached hydrogens (tertiary/aromatic N) is 3. The summed E-state index contributed by atoms with van der Waals surface area (Å²) >= 11 is 1.30. The van der Waals surface area contributed by atoms with Gasteiger partial charge in [-0.3, -0.25) is 0 Å². The van der Waals surface area contributed by atoms with Gasteiger partial charge in [0.2, 0.25) is 10.0 Å². The molecule has 1 aliphatic carbocycles. The van der Waals surface area contributed by atoms with Gasteiger partial charge in [-0.25, -0.2) is 8.42 Å². The van der Waals surface area contributed by atoms with E-state index in [4.69, 9.17) is 10.3 Å². The van der Waals surface area contributed by atoms with E-state index in [9.17, 15) is 8.42 Å². The molecule has 2 aliphatic rings. The Morgan fingerprint density at radius 2 is 1.92 bits per heavy atom. The van der Waals surface area contributed by atoms with Crippen LogP contribution in [-0.2, 0) is 15.6 Å². The molecule has 130 valence electrons. The maximum Gasteiger partial charge on any atom is 0.269 e. The Balaban J connectivity index is 1.69. The molecular formula is C15H20N4O3S2. The van der Waals surface area contributed by atoms with Gasteiger partial charge in [0.15, 0.2) is 5.82 Å². The van der Waals surface area contributed by atoms with Crippen molar-refractivity contribution in [1.82, 2.24) is 14.4 Å². The molecule has 9 heteroatoms. The molecule has 3 heterocycles. The van der Waals surface area contributed by atoms with Crippen molar-refractivity contribution in [2.75, 3.05) is 13.1 Å². The molecule has 0 atom stereocenters. The van der Waals surface area contributed by atoms with Gasteiger partial charge in [-0.2, -0.15) is 9.29 Å². The number of hydrogen-bond acceptors (Lipinski definition) is 7. The molecule has 1 aliphatic heterocycles. The van der Waals surface area contributed by atoms with Gasteiger partial charge in [-0.05, 0) is 37.1 Å². The van der Waals surface area contributed by atoms with E-state index in [1.54, 1.807) is 11.4 Å². The molecule has 0 aromatic carbocycles. The molecule has 0 spiro atoms. The number of nitrogens with two attached hydrogens (primary N) is 1. The number of sulfonamides is 1. The number of thiophene rings is 1. The molecule has 2 fully saturated rings. The third kappa shape index (κ3) is 2.59. The van der Waals surface area contributed by atoms with Gasteiger partial charge in [-0.15, -0.1) is 11.3 Å². The van der Waals surface area contributed by atoms with Crippen LogP contribution in [0.2, 0.25) is 0 Å². The molecule has 0 bridgehead atoms. The minimum absolute atomic E-state index is 0.245. The van der Waals surface area contributed by atoms with Crippen molar-refractivity contribution >= 4 is 21.4 Å². The molecule has 4 rings (SSSR count). The molecular weight excluding hydrogens is 348 g/mol. The van der Waals surface area contributed by atoms with Crippen molar-refractivity contribution in [3.05, 3.63) is 17.3 Å². The smallest absolute Gasteiger partial charge is 0.269 e. The van der Waals surface area contributed by atoms with Crippen molar-refractivity contribution in [2.24, 2.45) is 5.73 Å². The van der Waals surface area contributed by atoms with Gasteiger partial charge >= 0.3 is 0 Å². The van der Waals surface area contributed by atoms with E-state index < -0.39 is 15.6 Å². The fourth-order valence-corrected chi connectivity index (χ4v) is 6.30. The van der Waals surface area contributed by atoms with Gasteiger partial charge in [-0.1, -0.05) is 18.0 Å². The van der Waals surface area contributed by atoms with E-state index >= 15 is 0 Å². The number of rotatable bonds is 4. The van der Waals surface area contributed by atoms with Crippen molar-refractivity contribution in [3.63, 3.8) is 0 Å². The molecule has 7 nitrogen and oxygen atoms in total. The van der Waals surface area contributed by atoms with Crippen molar-refractivity contribution in [2.45, 2.75) is 49.0 Å². The highest BCUT2D eigenvalue weighted by atomic mass is 32.2. The summed E-state index contributed by atoms with van der Waals surface area (Å²) in [6, 6.07) is 1.62. The molecule has 2 aromatic heterocycles. The van der Waals surface area contributed by atoms with Crippen LogP contribution in [0.15, 0.2) is 20.9 Å². The second-order valence-electron chi connectivity index (χ2n) is 6.51. The summed E-state index contributed by atoms with van der Waals surface area (Å²) in [6.07, 6.45) is 5.56. The Morgan fingerprint density at radius 1 is 1.21 bits per heavy atom. The van der Waals surface area contributed by atoms with Gasteiger partial charge in [0.05, 0.1) is 5.54 Å². The maximum absolute atomic E-state index is 12.8. The summed E-state index contributed by atoms with van der Waals surface area (Å²) < 4.78 is 32.6. The largest absolute Gasteiger partial charge is 0.333 e. The maximum atomic E-state index is 12.8. The second-order valence-corrected chi connectivity index (χ2v) is 9.33. The molecule has 2 N–H and O–H groups in total. The fourth-order valence-electron chi connectivity index (χ4n) is 3.47. The third-order valence-corrected chi connectivity index (χ3v) is 7.85. The van der Waals surface area contributed by atoms with Gasteiger partial charge in [0.1, 0.15) is 9.77 Å². The first kappa shape index (κ1) is 16.2. The average Bonchev–Trinajstić information content (AvgIpc) is 3.31. The lowest BCUT2D eigenvalue weighted by molar-refractivity contribution is 0.372. The van der Waals surface area contributed by atoms with Crippen LogP contribution in [0.3, 0.4) is 0 Å². The fraction of sp³-hybridized carbons (Fsp3) is 0.600. The van der Waals surface area contributed by atoms with E-state index in [-0.39, 0.29) is 10.8 Å². The second kappa shape index (κ2) is 5.91. The van der Waals surface area contributed by atoms with E-state index in [1.165, 1.54) is 15.6 Å². The predicted octanol–water partition coefficient (Wildman–Crippen LogP) is 2.31.